The van der Waals surface area contributed by atoms with Crippen LogP contribution in [0.1, 0.15) is 29.5 Å². The minimum absolute atomic E-state index is 0.182. The molecule has 1 saturated heterocycles. The molecule has 1 amide bonds. The smallest absolute Gasteiger partial charge is 0.227 e. The second-order valence-electron chi connectivity index (χ2n) is 5.53. The molecular formula is C16H18ClNO2. The van der Waals surface area contributed by atoms with Crippen molar-refractivity contribution in [2.45, 2.75) is 33.1 Å². The van der Waals surface area contributed by atoms with Crippen LogP contribution in [-0.2, 0) is 11.2 Å². The monoisotopic (exact) mass is 291 g/mol. The molecule has 1 aliphatic rings. The molecule has 3 rings (SSSR count). The van der Waals surface area contributed by atoms with Gasteiger partial charge in [0.15, 0.2) is 0 Å². The van der Waals surface area contributed by atoms with Crippen LogP contribution in [0, 0.1) is 13.8 Å². The summed E-state index contributed by atoms with van der Waals surface area (Å²) in [4.78, 5) is 14.2. The van der Waals surface area contributed by atoms with Gasteiger partial charge in [0.05, 0.1) is 12.7 Å². The molecule has 20 heavy (non-hydrogen) atoms. The number of aryl methyl sites for hydroxylation is 2. The zero-order valence-electron chi connectivity index (χ0n) is 11.8. The van der Waals surface area contributed by atoms with Gasteiger partial charge in [0.1, 0.15) is 5.58 Å². The van der Waals surface area contributed by atoms with Gasteiger partial charge in [0, 0.05) is 29.1 Å². The van der Waals surface area contributed by atoms with Crippen molar-refractivity contribution in [1.82, 2.24) is 4.90 Å². The molecule has 4 heteroatoms. The van der Waals surface area contributed by atoms with E-state index in [4.69, 9.17) is 16.0 Å². The van der Waals surface area contributed by atoms with E-state index in [0.29, 0.717) is 6.42 Å². The normalized spacial score (nSPS) is 15.2. The Morgan fingerprint density at radius 2 is 2.05 bits per heavy atom. The number of rotatable bonds is 2. The van der Waals surface area contributed by atoms with E-state index in [1.54, 1.807) is 6.26 Å². The number of likely N-dealkylation sites (tertiary alicyclic amines) is 1. The van der Waals surface area contributed by atoms with Crippen molar-refractivity contribution < 1.29 is 9.21 Å². The molecule has 1 fully saturated rings. The Labute approximate surface area is 123 Å². The van der Waals surface area contributed by atoms with Crippen molar-refractivity contribution in [2.75, 3.05) is 13.1 Å². The Morgan fingerprint density at radius 1 is 1.35 bits per heavy atom. The fourth-order valence-corrected chi connectivity index (χ4v) is 3.13. The van der Waals surface area contributed by atoms with Gasteiger partial charge >= 0.3 is 0 Å². The van der Waals surface area contributed by atoms with E-state index in [2.05, 4.69) is 0 Å². The number of amides is 1. The van der Waals surface area contributed by atoms with Crippen LogP contribution < -0.4 is 0 Å². The van der Waals surface area contributed by atoms with Gasteiger partial charge in [0.2, 0.25) is 5.91 Å². The first-order valence-corrected chi connectivity index (χ1v) is 7.39. The predicted molar refractivity (Wildman–Crippen MR) is 80.2 cm³/mol. The van der Waals surface area contributed by atoms with E-state index in [9.17, 15) is 4.79 Å². The highest BCUT2D eigenvalue weighted by Crippen LogP contribution is 2.33. The van der Waals surface area contributed by atoms with Gasteiger partial charge < -0.3 is 9.32 Å². The standard InChI is InChI=1S/C16H18ClNO2/c1-10-7-13-15(11(2)16(10)17)12(9-20-13)8-14(19)18-5-3-4-6-18/h7,9H,3-6,8H2,1-2H3. The molecule has 0 saturated carbocycles. The molecule has 2 heterocycles. The number of fused-ring (bicyclic) bond motifs is 1. The SMILES string of the molecule is Cc1cc2occ(CC(=O)N3CCCC3)c2c(C)c1Cl. The van der Waals surface area contributed by atoms with Crippen molar-refractivity contribution in [2.24, 2.45) is 0 Å². The predicted octanol–water partition coefficient (Wildman–Crippen LogP) is 3.87. The molecule has 2 aromatic rings. The topological polar surface area (TPSA) is 33.5 Å². The summed E-state index contributed by atoms with van der Waals surface area (Å²) in [6.07, 6.45) is 4.32. The number of hydrogen-bond donors (Lipinski definition) is 0. The molecule has 1 aromatic heterocycles. The highest BCUT2D eigenvalue weighted by molar-refractivity contribution is 6.33. The zero-order valence-corrected chi connectivity index (χ0v) is 12.6. The quantitative estimate of drug-likeness (QED) is 0.841. The van der Waals surface area contributed by atoms with Crippen LogP contribution in [0.15, 0.2) is 16.7 Å². The molecular weight excluding hydrogens is 274 g/mol. The molecule has 0 N–H and O–H groups in total. The molecule has 0 unspecified atom stereocenters. The fourth-order valence-electron chi connectivity index (χ4n) is 2.98. The van der Waals surface area contributed by atoms with Gasteiger partial charge in [-0.05, 0) is 43.9 Å². The number of halogens is 1. The molecule has 106 valence electrons. The number of nitrogens with zero attached hydrogens (tertiary/aromatic N) is 1. The van der Waals surface area contributed by atoms with Crippen molar-refractivity contribution >= 4 is 28.5 Å². The third-order valence-corrected chi connectivity index (χ3v) is 4.68. The summed E-state index contributed by atoms with van der Waals surface area (Å²) >= 11 is 6.31. The number of carbonyl (C=O) groups is 1. The van der Waals surface area contributed by atoms with Gasteiger partial charge in [0.25, 0.3) is 0 Å². The highest BCUT2D eigenvalue weighted by Gasteiger charge is 2.21. The van der Waals surface area contributed by atoms with Crippen LogP contribution in [0.2, 0.25) is 5.02 Å². The lowest BCUT2D eigenvalue weighted by atomic mass is 10.0. The van der Waals surface area contributed by atoms with Crippen molar-refractivity contribution in [3.63, 3.8) is 0 Å². The van der Waals surface area contributed by atoms with Crippen LogP contribution in [0.5, 0.6) is 0 Å². The second kappa shape index (κ2) is 5.13. The Balaban J connectivity index is 1.96. The van der Waals surface area contributed by atoms with Gasteiger partial charge in [-0.2, -0.15) is 0 Å². The van der Waals surface area contributed by atoms with Crippen LogP contribution >= 0.6 is 11.6 Å². The maximum atomic E-state index is 12.3. The second-order valence-corrected chi connectivity index (χ2v) is 5.91. The molecule has 0 spiro atoms. The zero-order chi connectivity index (χ0) is 14.3. The van der Waals surface area contributed by atoms with Crippen LogP contribution in [-0.4, -0.2) is 23.9 Å². The lowest BCUT2D eigenvalue weighted by Gasteiger charge is -2.14. The largest absolute Gasteiger partial charge is 0.464 e. The number of furan rings is 1. The average molecular weight is 292 g/mol. The van der Waals surface area contributed by atoms with E-state index >= 15 is 0 Å². The minimum atomic E-state index is 0.182. The Hall–Kier alpha value is -1.48. The van der Waals surface area contributed by atoms with E-state index in [1.807, 2.05) is 24.8 Å². The van der Waals surface area contributed by atoms with Gasteiger partial charge in [-0.15, -0.1) is 0 Å². The first-order valence-electron chi connectivity index (χ1n) is 7.01. The molecule has 0 aliphatic carbocycles. The van der Waals surface area contributed by atoms with Crippen molar-refractivity contribution in [1.29, 1.82) is 0 Å². The highest BCUT2D eigenvalue weighted by atomic mass is 35.5. The summed E-state index contributed by atoms with van der Waals surface area (Å²) in [7, 11) is 0. The van der Waals surface area contributed by atoms with E-state index in [0.717, 1.165) is 58.6 Å². The summed E-state index contributed by atoms with van der Waals surface area (Å²) in [6, 6.07) is 1.94. The number of hydrogen-bond acceptors (Lipinski definition) is 2. The van der Waals surface area contributed by atoms with Crippen molar-refractivity contribution in [3.05, 3.63) is 34.0 Å². The first-order chi connectivity index (χ1) is 9.58. The summed E-state index contributed by atoms with van der Waals surface area (Å²) < 4.78 is 5.60. The van der Waals surface area contributed by atoms with Gasteiger partial charge in [-0.1, -0.05) is 11.6 Å². The summed E-state index contributed by atoms with van der Waals surface area (Å²) in [5.74, 6) is 0.182. The van der Waals surface area contributed by atoms with Crippen LogP contribution in [0.3, 0.4) is 0 Å². The van der Waals surface area contributed by atoms with E-state index < -0.39 is 0 Å². The first kappa shape index (κ1) is 13.5. The van der Waals surface area contributed by atoms with Crippen LogP contribution in [0.25, 0.3) is 11.0 Å². The molecule has 1 aromatic carbocycles. The Bertz CT molecular complexity index is 669. The molecule has 0 bridgehead atoms. The van der Waals surface area contributed by atoms with Crippen molar-refractivity contribution in [3.8, 4) is 0 Å². The summed E-state index contributed by atoms with van der Waals surface area (Å²) in [5, 5.41) is 1.75. The van der Waals surface area contributed by atoms with E-state index in [1.165, 1.54) is 0 Å². The fraction of sp³-hybridized carbons (Fsp3) is 0.438. The summed E-state index contributed by atoms with van der Waals surface area (Å²) in [5.41, 5.74) is 3.76. The Morgan fingerprint density at radius 3 is 2.75 bits per heavy atom. The van der Waals surface area contributed by atoms with Gasteiger partial charge in [-0.3, -0.25) is 4.79 Å². The van der Waals surface area contributed by atoms with Gasteiger partial charge in [-0.25, -0.2) is 0 Å². The molecule has 1 aliphatic heterocycles. The lowest BCUT2D eigenvalue weighted by molar-refractivity contribution is -0.129. The molecule has 0 atom stereocenters. The third kappa shape index (κ3) is 2.20. The minimum Gasteiger partial charge on any atom is -0.464 e. The third-order valence-electron chi connectivity index (χ3n) is 4.09. The maximum absolute atomic E-state index is 12.3. The Kier molecular flexibility index (Phi) is 3.47. The maximum Gasteiger partial charge on any atom is 0.227 e. The summed E-state index contributed by atoms with van der Waals surface area (Å²) in [6.45, 7) is 5.71. The molecule has 0 radical (unpaired) electrons. The molecule has 3 nitrogen and oxygen atoms in total. The van der Waals surface area contributed by atoms with E-state index in [-0.39, 0.29) is 5.91 Å². The number of benzene rings is 1. The van der Waals surface area contributed by atoms with Crippen LogP contribution in [0.4, 0.5) is 0 Å². The lowest BCUT2D eigenvalue weighted by Crippen LogP contribution is -2.28. The number of carbonyl (C=O) groups excluding carboxylic acids is 1. The average Bonchev–Trinajstić information content (AvgIpc) is 3.06.